The Balaban J connectivity index is 0.000000423. The number of nitro groups is 1. The number of carboxylic acid groups (broad SMARTS) is 1. The van der Waals surface area contributed by atoms with Crippen LogP contribution in [0.4, 0.5) is 5.00 Å². The van der Waals surface area contributed by atoms with Crippen LogP contribution in [0.15, 0.2) is 11.4 Å². The summed E-state index contributed by atoms with van der Waals surface area (Å²) in [6.07, 6.45) is 0. The molecule has 1 rings (SSSR count). The maximum Gasteiger partial charge on any atom is 0.324 e. The first kappa shape index (κ1) is 13.5. The molecular weight excluding hydrogens is 220 g/mol. The maximum atomic E-state index is 10.1. The molecule has 0 amide bonds. The van der Waals surface area contributed by atoms with Crippen molar-refractivity contribution >= 4 is 22.3 Å². The molecule has 7 heteroatoms. The van der Waals surface area contributed by atoms with Crippen LogP contribution < -0.4 is 10.8 Å². The third kappa shape index (κ3) is 5.76. The van der Waals surface area contributed by atoms with Crippen LogP contribution in [0.3, 0.4) is 0 Å². The van der Waals surface area contributed by atoms with E-state index in [0.29, 0.717) is 6.04 Å². The van der Waals surface area contributed by atoms with E-state index in [1.54, 1.807) is 0 Å². The van der Waals surface area contributed by atoms with Gasteiger partial charge in [0.05, 0.1) is 16.9 Å². The zero-order valence-corrected chi connectivity index (χ0v) is 9.24. The summed E-state index contributed by atoms with van der Waals surface area (Å²) in [4.78, 5) is 19.5. The quantitative estimate of drug-likeness (QED) is 0.555. The van der Waals surface area contributed by atoms with Crippen molar-refractivity contribution in [2.45, 2.75) is 19.9 Å². The highest BCUT2D eigenvalue weighted by atomic mass is 32.1. The Kier molecular flexibility index (Phi) is 5.50. The Labute approximate surface area is 90.5 Å². The summed E-state index contributed by atoms with van der Waals surface area (Å²) < 4.78 is 0. The summed E-state index contributed by atoms with van der Waals surface area (Å²) in [5.74, 6) is -1.39. The van der Waals surface area contributed by atoms with Gasteiger partial charge in [0.25, 0.3) is 0 Å². The highest BCUT2D eigenvalue weighted by Crippen LogP contribution is 2.21. The number of quaternary nitrogens is 1. The molecule has 1 aromatic rings. The Morgan fingerprint density at radius 2 is 2.07 bits per heavy atom. The number of hydrogen-bond acceptors (Lipinski definition) is 5. The van der Waals surface area contributed by atoms with Crippen LogP contribution in [0, 0.1) is 10.1 Å². The topological polar surface area (TPSA) is 111 Å². The van der Waals surface area contributed by atoms with Crippen molar-refractivity contribution in [3.63, 3.8) is 0 Å². The van der Waals surface area contributed by atoms with Crippen LogP contribution >= 0.6 is 11.3 Å². The second-order valence-corrected chi connectivity index (χ2v) is 4.00. The molecule has 3 N–H and O–H groups in total. The monoisotopic (exact) mass is 232 g/mol. The van der Waals surface area contributed by atoms with E-state index in [0.717, 1.165) is 17.4 Å². The van der Waals surface area contributed by atoms with Crippen molar-refractivity contribution in [3.8, 4) is 0 Å². The largest absolute Gasteiger partial charge is 0.545 e. The van der Waals surface area contributed by atoms with E-state index >= 15 is 0 Å². The van der Waals surface area contributed by atoms with E-state index in [4.69, 9.17) is 0 Å². The fourth-order valence-corrected chi connectivity index (χ4v) is 1.22. The molecule has 1 heterocycles. The normalized spacial score (nSPS) is 9.33. The molecule has 6 nitrogen and oxygen atoms in total. The summed E-state index contributed by atoms with van der Waals surface area (Å²) in [6.45, 7) is 4.11. The number of carbonyl (C=O) groups excluding carboxylic acids is 1. The lowest BCUT2D eigenvalue weighted by Crippen LogP contribution is -2.57. The van der Waals surface area contributed by atoms with Crippen LogP contribution in [0.25, 0.3) is 0 Å². The van der Waals surface area contributed by atoms with Crippen LogP contribution in [-0.4, -0.2) is 16.9 Å². The summed E-state index contributed by atoms with van der Waals surface area (Å²) in [6, 6.07) is 1.56. The van der Waals surface area contributed by atoms with E-state index in [1.165, 1.54) is 5.38 Å². The number of hydrogen-bond donors (Lipinski definition) is 1. The van der Waals surface area contributed by atoms with Gasteiger partial charge in [-0.25, -0.2) is 0 Å². The van der Waals surface area contributed by atoms with Crippen molar-refractivity contribution in [1.82, 2.24) is 0 Å². The fourth-order valence-electron chi connectivity index (χ4n) is 0.528. The summed E-state index contributed by atoms with van der Waals surface area (Å²) >= 11 is 0.766. The predicted molar refractivity (Wildman–Crippen MR) is 53.3 cm³/mol. The Morgan fingerprint density at radius 1 is 1.60 bits per heavy atom. The SMILES string of the molecule is CC(C)[NH3+].O=C([O-])c1csc([N+](=O)[O-])c1. The molecule has 0 bridgehead atoms. The zero-order chi connectivity index (χ0) is 12.0. The van der Waals surface area contributed by atoms with E-state index in [2.05, 4.69) is 19.6 Å². The molecule has 0 aliphatic rings. The van der Waals surface area contributed by atoms with Gasteiger partial charge in [-0.1, -0.05) is 11.3 Å². The molecule has 84 valence electrons. The molecule has 15 heavy (non-hydrogen) atoms. The Hall–Kier alpha value is -1.47. The number of thiophene rings is 1. The fraction of sp³-hybridized carbons (Fsp3) is 0.375. The molecule has 0 unspecified atom stereocenters. The molecule has 0 atom stereocenters. The molecule has 0 radical (unpaired) electrons. The van der Waals surface area contributed by atoms with Crippen LogP contribution in [0.5, 0.6) is 0 Å². The van der Waals surface area contributed by atoms with E-state index in [-0.39, 0.29) is 10.6 Å². The first-order valence-electron chi connectivity index (χ1n) is 4.12. The van der Waals surface area contributed by atoms with Crippen molar-refractivity contribution in [3.05, 3.63) is 27.1 Å². The minimum Gasteiger partial charge on any atom is -0.545 e. The van der Waals surface area contributed by atoms with E-state index < -0.39 is 10.9 Å². The predicted octanol–water partition coefficient (Wildman–Crippen LogP) is -0.343. The van der Waals surface area contributed by atoms with Gasteiger partial charge in [0.2, 0.25) is 0 Å². The molecular formula is C8H12N2O4S. The van der Waals surface area contributed by atoms with Gasteiger partial charge in [-0.3, -0.25) is 10.1 Å². The van der Waals surface area contributed by atoms with Gasteiger partial charge >= 0.3 is 5.00 Å². The van der Waals surface area contributed by atoms with Crippen LogP contribution in [0.1, 0.15) is 24.2 Å². The third-order valence-electron chi connectivity index (χ3n) is 1.00. The number of rotatable bonds is 2. The standard InChI is InChI=1S/C5H3NO4S.C3H9N/c7-5(8)3-1-4(6(9)10)11-2-3;1-3(2)4/h1-2H,(H,7,8);3H,4H2,1-2H3. The smallest absolute Gasteiger partial charge is 0.324 e. The van der Waals surface area contributed by atoms with Gasteiger partial charge in [-0.2, -0.15) is 0 Å². The lowest BCUT2D eigenvalue weighted by atomic mass is 10.3. The van der Waals surface area contributed by atoms with Crippen LogP contribution in [0.2, 0.25) is 0 Å². The Morgan fingerprint density at radius 3 is 2.27 bits per heavy atom. The first-order valence-corrected chi connectivity index (χ1v) is 5.00. The van der Waals surface area contributed by atoms with Gasteiger partial charge in [0.1, 0.15) is 0 Å². The molecule has 0 aliphatic carbocycles. The van der Waals surface area contributed by atoms with Crippen molar-refractivity contribution in [2.24, 2.45) is 0 Å². The number of carbonyl (C=O) groups is 1. The molecule has 0 saturated heterocycles. The van der Waals surface area contributed by atoms with Gasteiger partial charge in [0, 0.05) is 17.0 Å². The third-order valence-corrected chi connectivity index (χ3v) is 1.88. The molecule has 0 saturated carbocycles. The van der Waals surface area contributed by atoms with Crippen LogP contribution in [-0.2, 0) is 0 Å². The van der Waals surface area contributed by atoms with Gasteiger partial charge in [0.15, 0.2) is 0 Å². The summed E-state index contributed by atoms with van der Waals surface area (Å²) in [5.41, 5.74) is 3.49. The highest BCUT2D eigenvalue weighted by molar-refractivity contribution is 7.13. The zero-order valence-electron chi connectivity index (χ0n) is 8.43. The van der Waals surface area contributed by atoms with Crippen molar-refractivity contribution in [1.29, 1.82) is 0 Å². The second-order valence-electron chi connectivity index (χ2n) is 3.11. The van der Waals surface area contributed by atoms with Gasteiger partial charge in [-0.05, 0) is 13.8 Å². The minimum absolute atomic E-state index is 0.151. The van der Waals surface area contributed by atoms with Crippen molar-refractivity contribution < 1.29 is 20.6 Å². The van der Waals surface area contributed by atoms with Crippen molar-refractivity contribution in [2.75, 3.05) is 0 Å². The maximum absolute atomic E-state index is 10.1. The molecule has 0 spiro atoms. The first-order chi connectivity index (χ1) is 6.84. The summed E-state index contributed by atoms with van der Waals surface area (Å²) in [5, 5.41) is 21.1. The second kappa shape index (κ2) is 6.10. The lowest BCUT2D eigenvalue weighted by Gasteiger charge is -1.91. The average molecular weight is 232 g/mol. The molecule has 1 aromatic heterocycles. The lowest BCUT2D eigenvalue weighted by molar-refractivity contribution is -0.407. The van der Waals surface area contributed by atoms with Gasteiger partial charge in [-0.15, -0.1) is 0 Å². The Bertz CT molecular complexity index is 317. The number of aromatic carboxylic acids is 1. The molecule has 0 fully saturated rings. The molecule has 0 aromatic carbocycles. The summed E-state index contributed by atoms with van der Waals surface area (Å²) in [7, 11) is 0. The van der Waals surface area contributed by atoms with E-state index in [1.807, 2.05) is 0 Å². The highest BCUT2D eigenvalue weighted by Gasteiger charge is 2.09. The number of carboxylic acids is 1. The molecule has 0 aliphatic heterocycles. The average Bonchev–Trinajstić information content (AvgIpc) is 2.49. The number of nitrogens with zero attached hydrogens (tertiary/aromatic N) is 1. The minimum atomic E-state index is -1.39. The van der Waals surface area contributed by atoms with Gasteiger partial charge < -0.3 is 15.6 Å². The van der Waals surface area contributed by atoms with E-state index in [9.17, 15) is 20.0 Å².